The van der Waals surface area contributed by atoms with Crippen LogP contribution in [0.15, 0.2) is 12.4 Å². The topological polar surface area (TPSA) is 29.9 Å². The fraction of sp³-hybridized carbons (Fsp3) is 0.750. The number of nitrogens with one attached hydrogen (secondary N) is 1. The van der Waals surface area contributed by atoms with Gasteiger partial charge in [0.05, 0.1) is 6.04 Å². The van der Waals surface area contributed by atoms with E-state index >= 15 is 0 Å². The first-order valence-corrected chi connectivity index (χ1v) is 5.97. The van der Waals surface area contributed by atoms with E-state index < -0.39 is 0 Å². The zero-order valence-electron chi connectivity index (χ0n) is 9.74. The van der Waals surface area contributed by atoms with Gasteiger partial charge in [-0.1, -0.05) is 19.3 Å². The van der Waals surface area contributed by atoms with E-state index in [1.165, 1.54) is 37.9 Å². The van der Waals surface area contributed by atoms with Crippen LogP contribution in [0, 0.1) is 5.92 Å². The molecule has 84 valence electrons. The van der Waals surface area contributed by atoms with Crippen molar-refractivity contribution in [3.05, 3.63) is 18.2 Å². The Balaban J connectivity index is 2.12. The van der Waals surface area contributed by atoms with Gasteiger partial charge < -0.3 is 9.88 Å². The standard InChI is InChI=1S/C12H21N3/c1-13-11(10-6-4-3-5-7-10)12-14-8-9-15(12)2/h8-11,13H,3-7H2,1-2H3. The molecule has 1 aromatic rings. The van der Waals surface area contributed by atoms with Gasteiger partial charge in [0, 0.05) is 19.4 Å². The molecule has 1 unspecified atom stereocenters. The van der Waals surface area contributed by atoms with Crippen molar-refractivity contribution >= 4 is 0 Å². The van der Waals surface area contributed by atoms with E-state index in [-0.39, 0.29) is 0 Å². The van der Waals surface area contributed by atoms with Gasteiger partial charge in [0.25, 0.3) is 0 Å². The van der Waals surface area contributed by atoms with Gasteiger partial charge in [0.1, 0.15) is 5.82 Å². The second-order valence-corrected chi connectivity index (χ2v) is 4.56. The third kappa shape index (κ3) is 2.23. The summed E-state index contributed by atoms with van der Waals surface area (Å²) in [6.45, 7) is 0. The van der Waals surface area contributed by atoms with Gasteiger partial charge in [-0.15, -0.1) is 0 Å². The summed E-state index contributed by atoms with van der Waals surface area (Å²) in [7, 11) is 4.13. The van der Waals surface area contributed by atoms with Gasteiger partial charge in [0.2, 0.25) is 0 Å². The highest BCUT2D eigenvalue weighted by Crippen LogP contribution is 2.33. The molecule has 3 nitrogen and oxygen atoms in total. The fourth-order valence-electron chi connectivity index (χ4n) is 2.72. The zero-order valence-corrected chi connectivity index (χ0v) is 9.74. The summed E-state index contributed by atoms with van der Waals surface area (Å²) < 4.78 is 2.13. The minimum atomic E-state index is 0.435. The van der Waals surface area contributed by atoms with E-state index in [0.29, 0.717) is 6.04 Å². The SMILES string of the molecule is CNC(c1nccn1C)C1CCCCC1. The lowest BCUT2D eigenvalue weighted by atomic mass is 9.83. The maximum atomic E-state index is 4.46. The lowest BCUT2D eigenvalue weighted by molar-refractivity contribution is 0.270. The van der Waals surface area contributed by atoms with Crippen molar-refractivity contribution in [3.63, 3.8) is 0 Å². The summed E-state index contributed by atoms with van der Waals surface area (Å²) in [4.78, 5) is 4.46. The molecule has 0 saturated heterocycles. The first-order chi connectivity index (χ1) is 7.33. The van der Waals surface area contributed by atoms with Crippen molar-refractivity contribution in [1.29, 1.82) is 0 Å². The van der Waals surface area contributed by atoms with Crippen LogP contribution in [0.5, 0.6) is 0 Å². The number of nitrogens with zero attached hydrogens (tertiary/aromatic N) is 2. The molecule has 1 aliphatic rings. The Hall–Kier alpha value is -0.830. The molecule has 1 heterocycles. The van der Waals surface area contributed by atoms with Crippen molar-refractivity contribution in [2.75, 3.05) is 7.05 Å². The molecule has 1 atom stereocenters. The van der Waals surface area contributed by atoms with Crippen molar-refractivity contribution < 1.29 is 0 Å². The average Bonchev–Trinajstić information content (AvgIpc) is 2.68. The van der Waals surface area contributed by atoms with Crippen LogP contribution in [0.4, 0.5) is 0 Å². The van der Waals surface area contributed by atoms with E-state index in [1.807, 2.05) is 19.4 Å². The summed E-state index contributed by atoms with van der Waals surface area (Å²) in [6.07, 6.45) is 10.8. The Morgan fingerprint density at radius 2 is 2.13 bits per heavy atom. The Kier molecular flexibility index (Phi) is 3.41. The summed E-state index contributed by atoms with van der Waals surface area (Å²) >= 11 is 0. The van der Waals surface area contributed by atoms with E-state index in [0.717, 1.165) is 5.92 Å². The molecular weight excluding hydrogens is 186 g/mol. The number of hydrogen-bond acceptors (Lipinski definition) is 2. The van der Waals surface area contributed by atoms with Crippen LogP contribution in [0.3, 0.4) is 0 Å². The molecule has 1 aliphatic carbocycles. The third-order valence-electron chi connectivity index (χ3n) is 3.57. The molecule has 0 aromatic carbocycles. The lowest BCUT2D eigenvalue weighted by Crippen LogP contribution is -2.29. The molecule has 0 radical (unpaired) electrons. The smallest absolute Gasteiger partial charge is 0.125 e. The first kappa shape index (κ1) is 10.7. The van der Waals surface area contributed by atoms with Crippen LogP contribution >= 0.6 is 0 Å². The molecule has 1 aromatic heterocycles. The van der Waals surface area contributed by atoms with Crippen LogP contribution in [-0.4, -0.2) is 16.6 Å². The van der Waals surface area contributed by atoms with E-state index in [1.54, 1.807) is 0 Å². The quantitative estimate of drug-likeness (QED) is 0.824. The lowest BCUT2D eigenvalue weighted by Gasteiger charge is -2.29. The molecule has 1 saturated carbocycles. The third-order valence-corrected chi connectivity index (χ3v) is 3.57. The first-order valence-electron chi connectivity index (χ1n) is 5.97. The molecule has 0 amide bonds. The summed E-state index contributed by atoms with van der Waals surface area (Å²) in [5, 5.41) is 3.43. The van der Waals surface area contributed by atoms with E-state index in [9.17, 15) is 0 Å². The highest BCUT2D eigenvalue weighted by Gasteiger charge is 2.26. The van der Waals surface area contributed by atoms with Crippen molar-refractivity contribution in [3.8, 4) is 0 Å². The maximum absolute atomic E-state index is 4.46. The summed E-state index contributed by atoms with van der Waals surface area (Å²) in [5.41, 5.74) is 0. The molecule has 1 N–H and O–H groups in total. The minimum absolute atomic E-state index is 0.435. The van der Waals surface area contributed by atoms with Crippen molar-refractivity contribution in [1.82, 2.24) is 14.9 Å². The predicted octanol–water partition coefficient (Wildman–Crippen LogP) is 2.26. The van der Waals surface area contributed by atoms with E-state index in [4.69, 9.17) is 0 Å². The van der Waals surface area contributed by atoms with Gasteiger partial charge in [-0.25, -0.2) is 4.98 Å². The van der Waals surface area contributed by atoms with Gasteiger partial charge in [-0.2, -0.15) is 0 Å². The van der Waals surface area contributed by atoms with Crippen LogP contribution in [0.1, 0.15) is 44.0 Å². The van der Waals surface area contributed by atoms with Gasteiger partial charge in [-0.05, 0) is 25.8 Å². The average molecular weight is 207 g/mol. The Bertz CT molecular complexity index is 300. The summed E-state index contributed by atoms with van der Waals surface area (Å²) in [6, 6.07) is 0.435. The number of aryl methyl sites for hydroxylation is 1. The molecular formula is C12H21N3. The maximum Gasteiger partial charge on any atom is 0.125 e. The number of hydrogen-bond donors (Lipinski definition) is 1. The van der Waals surface area contributed by atoms with Gasteiger partial charge in [0.15, 0.2) is 0 Å². The summed E-state index contributed by atoms with van der Waals surface area (Å²) in [5.74, 6) is 1.95. The predicted molar refractivity (Wildman–Crippen MR) is 61.6 cm³/mol. The van der Waals surface area contributed by atoms with Crippen LogP contribution in [-0.2, 0) is 7.05 Å². The number of rotatable bonds is 3. The van der Waals surface area contributed by atoms with Gasteiger partial charge in [-0.3, -0.25) is 0 Å². The van der Waals surface area contributed by atoms with Crippen molar-refractivity contribution in [2.24, 2.45) is 13.0 Å². The highest BCUT2D eigenvalue weighted by molar-refractivity contribution is 5.01. The molecule has 0 aliphatic heterocycles. The number of imidazole rings is 1. The van der Waals surface area contributed by atoms with Crippen LogP contribution in [0.2, 0.25) is 0 Å². The monoisotopic (exact) mass is 207 g/mol. The largest absolute Gasteiger partial charge is 0.337 e. The molecule has 15 heavy (non-hydrogen) atoms. The molecule has 1 fully saturated rings. The van der Waals surface area contributed by atoms with Gasteiger partial charge >= 0.3 is 0 Å². The molecule has 0 bridgehead atoms. The number of aromatic nitrogens is 2. The fourth-order valence-corrected chi connectivity index (χ4v) is 2.72. The Morgan fingerprint density at radius 1 is 1.40 bits per heavy atom. The normalized spacial score (nSPS) is 20.4. The second kappa shape index (κ2) is 4.79. The Morgan fingerprint density at radius 3 is 2.67 bits per heavy atom. The van der Waals surface area contributed by atoms with E-state index in [2.05, 4.69) is 21.9 Å². The Labute approximate surface area is 91.9 Å². The molecule has 0 spiro atoms. The minimum Gasteiger partial charge on any atom is -0.337 e. The molecule has 3 heteroatoms. The van der Waals surface area contributed by atoms with Crippen LogP contribution in [0.25, 0.3) is 0 Å². The van der Waals surface area contributed by atoms with Crippen molar-refractivity contribution in [2.45, 2.75) is 38.1 Å². The second-order valence-electron chi connectivity index (χ2n) is 4.56. The zero-order chi connectivity index (χ0) is 10.7. The highest BCUT2D eigenvalue weighted by atomic mass is 15.1. The van der Waals surface area contributed by atoms with Crippen LogP contribution < -0.4 is 5.32 Å². The molecule has 2 rings (SSSR count).